The number of primary sulfonamides is 1. The monoisotopic (exact) mass is 389 g/mol. The molecular weight excluding hydrogens is 361 g/mol. The van der Waals surface area contributed by atoms with E-state index in [0.29, 0.717) is 0 Å². The van der Waals surface area contributed by atoms with Gasteiger partial charge < -0.3 is 0 Å². The molecule has 0 amide bonds. The van der Waals surface area contributed by atoms with Crippen LogP contribution in [0.25, 0.3) is 5.57 Å². The lowest BCUT2D eigenvalue weighted by Gasteiger charge is -2.17. The first-order chi connectivity index (χ1) is 12.4. The second kappa shape index (κ2) is 9.16. The van der Waals surface area contributed by atoms with Crippen LogP contribution in [0.4, 0.5) is 4.39 Å². The van der Waals surface area contributed by atoms with Crippen LogP contribution in [-0.2, 0) is 10.0 Å². The van der Waals surface area contributed by atoms with Gasteiger partial charge in [-0.25, -0.2) is 17.9 Å². The van der Waals surface area contributed by atoms with Gasteiger partial charge in [-0.2, -0.15) is 0 Å². The molecule has 27 heavy (non-hydrogen) atoms. The van der Waals surface area contributed by atoms with Gasteiger partial charge in [0.1, 0.15) is 0 Å². The van der Waals surface area contributed by atoms with Crippen molar-refractivity contribution >= 4 is 15.6 Å². The molecule has 0 saturated heterocycles. The molecule has 2 N–H and O–H groups in total. The fraction of sp³-hybridized carbons (Fsp3) is 0.364. The van der Waals surface area contributed by atoms with Crippen LogP contribution in [0.2, 0.25) is 0 Å². The summed E-state index contributed by atoms with van der Waals surface area (Å²) in [6, 6.07) is 6.65. The second-order valence-electron chi connectivity index (χ2n) is 7.44. The third-order valence-electron chi connectivity index (χ3n) is 4.25. The van der Waals surface area contributed by atoms with E-state index in [0.717, 1.165) is 24.0 Å². The standard InChI is InChI=1S/C19H24FNO2S.C3H4/c1-13(5-6-14(2)20)17-11-19(3,4)12-18(17)15-7-9-16(10-8-15)24(21,22)23;1-3-2/h5-10H,11-12H2,1-4H3,(H2,21,22,23);1H,2H3/b13-5+,14-6+;. The van der Waals surface area contributed by atoms with Gasteiger partial charge in [-0.15, -0.1) is 12.3 Å². The number of rotatable bonds is 4. The fourth-order valence-electron chi connectivity index (χ4n) is 3.07. The van der Waals surface area contributed by atoms with Crippen LogP contribution in [0.15, 0.2) is 58.3 Å². The lowest BCUT2D eigenvalue weighted by atomic mass is 9.87. The van der Waals surface area contributed by atoms with Gasteiger partial charge in [0.25, 0.3) is 0 Å². The van der Waals surface area contributed by atoms with E-state index in [1.807, 2.05) is 6.92 Å². The molecule has 1 aromatic carbocycles. The Balaban J connectivity index is 0.00000114. The second-order valence-corrected chi connectivity index (χ2v) is 9.00. The number of benzene rings is 1. The van der Waals surface area contributed by atoms with Gasteiger partial charge in [0, 0.05) is 0 Å². The Morgan fingerprint density at radius 2 is 1.70 bits per heavy atom. The summed E-state index contributed by atoms with van der Waals surface area (Å²) in [6.45, 7) is 9.45. The first kappa shape index (κ1) is 22.9. The van der Waals surface area contributed by atoms with Crippen LogP contribution < -0.4 is 5.14 Å². The minimum absolute atomic E-state index is 0.105. The highest BCUT2D eigenvalue weighted by molar-refractivity contribution is 7.89. The van der Waals surface area contributed by atoms with Crippen LogP contribution >= 0.6 is 0 Å². The Labute approximate surface area is 162 Å². The summed E-state index contributed by atoms with van der Waals surface area (Å²) in [5, 5.41) is 5.16. The van der Waals surface area contributed by atoms with Crippen molar-refractivity contribution in [3.05, 3.63) is 59.0 Å². The molecule has 1 aliphatic rings. The summed E-state index contributed by atoms with van der Waals surface area (Å²) < 4.78 is 35.8. The quantitative estimate of drug-likeness (QED) is 0.556. The van der Waals surface area contributed by atoms with E-state index < -0.39 is 10.0 Å². The van der Waals surface area contributed by atoms with Crippen molar-refractivity contribution in [3.63, 3.8) is 0 Å². The zero-order valence-electron chi connectivity index (χ0n) is 16.6. The van der Waals surface area contributed by atoms with E-state index in [2.05, 4.69) is 26.2 Å². The maximum atomic E-state index is 13.0. The summed E-state index contributed by atoms with van der Waals surface area (Å²) >= 11 is 0. The average molecular weight is 390 g/mol. The predicted molar refractivity (Wildman–Crippen MR) is 111 cm³/mol. The van der Waals surface area contributed by atoms with Gasteiger partial charge in [-0.05, 0) is 79.5 Å². The largest absolute Gasteiger partial charge is 0.238 e. The van der Waals surface area contributed by atoms with Gasteiger partial charge in [0.05, 0.1) is 10.7 Å². The summed E-state index contributed by atoms with van der Waals surface area (Å²) in [5.74, 6) is 2.02. The molecule has 0 radical (unpaired) electrons. The van der Waals surface area contributed by atoms with E-state index >= 15 is 0 Å². The van der Waals surface area contributed by atoms with Gasteiger partial charge in [0.15, 0.2) is 0 Å². The average Bonchev–Trinajstić information content (AvgIpc) is 2.88. The first-order valence-corrected chi connectivity index (χ1v) is 10.2. The molecule has 0 atom stereocenters. The molecule has 0 unspecified atom stereocenters. The summed E-state index contributed by atoms with van der Waals surface area (Å²) in [7, 11) is -3.69. The molecule has 1 aliphatic carbocycles. The first-order valence-electron chi connectivity index (χ1n) is 8.65. The fourth-order valence-corrected chi connectivity index (χ4v) is 3.59. The highest BCUT2D eigenvalue weighted by Crippen LogP contribution is 2.48. The topological polar surface area (TPSA) is 60.2 Å². The molecular formula is C22H28FNO2S. The molecule has 1 aromatic rings. The SMILES string of the molecule is C#CC.C/C(F)=C\C=C(/C)C1=C(c2ccc(S(N)(=O)=O)cc2)CC(C)(C)C1. The highest BCUT2D eigenvalue weighted by atomic mass is 32.2. The zero-order chi connectivity index (χ0) is 20.8. The number of hydrogen-bond donors (Lipinski definition) is 1. The van der Waals surface area contributed by atoms with E-state index in [1.54, 1.807) is 25.1 Å². The zero-order valence-corrected chi connectivity index (χ0v) is 17.5. The van der Waals surface area contributed by atoms with E-state index in [9.17, 15) is 12.8 Å². The minimum Gasteiger partial charge on any atom is -0.225 e. The maximum absolute atomic E-state index is 13.0. The highest BCUT2D eigenvalue weighted by Gasteiger charge is 2.31. The van der Waals surface area contributed by atoms with Gasteiger partial charge >= 0.3 is 0 Å². The molecule has 0 heterocycles. The van der Waals surface area contributed by atoms with Crippen molar-refractivity contribution in [2.24, 2.45) is 10.6 Å². The lowest BCUT2D eigenvalue weighted by Crippen LogP contribution is -2.11. The van der Waals surface area contributed by atoms with Crippen LogP contribution in [-0.4, -0.2) is 8.42 Å². The molecule has 0 aromatic heterocycles. The number of halogens is 1. The number of sulfonamides is 1. The molecule has 0 fully saturated rings. The van der Waals surface area contributed by atoms with E-state index in [4.69, 9.17) is 5.14 Å². The van der Waals surface area contributed by atoms with Gasteiger partial charge in [-0.1, -0.05) is 32.1 Å². The van der Waals surface area contributed by atoms with Crippen molar-refractivity contribution in [1.29, 1.82) is 0 Å². The number of nitrogens with two attached hydrogens (primary N) is 1. The van der Waals surface area contributed by atoms with Crippen molar-refractivity contribution in [1.82, 2.24) is 0 Å². The van der Waals surface area contributed by atoms with Gasteiger partial charge in [0.2, 0.25) is 10.0 Å². The molecule has 0 aliphatic heterocycles. The number of allylic oxidation sites excluding steroid dienone is 6. The van der Waals surface area contributed by atoms with Crippen LogP contribution in [0.3, 0.4) is 0 Å². The Hall–Kier alpha value is -2.16. The molecule has 3 nitrogen and oxygen atoms in total. The summed E-state index contributed by atoms with van der Waals surface area (Å²) in [5.41, 5.74) is 4.51. The molecule has 5 heteroatoms. The molecule has 2 rings (SSSR count). The molecule has 146 valence electrons. The normalized spacial score (nSPS) is 17.3. The number of terminal acetylenes is 1. The van der Waals surface area contributed by atoms with Crippen molar-refractivity contribution in [3.8, 4) is 12.3 Å². The summed E-state index contributed by atoms with van der Waals surface area (Å²) in [6.07, 6.45) is 9.65. The van der Waals surface area contributed by atoms with E-state index in [1.165, 1.54) is 36.3 Å². The summed E-state index contributed by atoms with van der Waals surface area (Å²) in [4.78, 5) is 0.105. The van der Waals surface area contributed by atoms with Crippen molar-refractivity contribution in [2.75, 3.05) is 0 Å². The molecule has 0 saturated carbocycles. The Kier molecular flexibility index (Phi) is 7.77. The smallest absolute Gasteiger partial charge is 0.225 e. The maximum Gasteiger partial charge on any atom is 0.238 e. The predicted octanol–water partition coefficient (Wildman–Crippen LogP) is 5.37. The Morgan fingerprint density at radius 3 is 2.15 bits per heavy atom. The van der Waals surface area contributed by atoms with Crippen molar-refractivity contribution in [2.45, 2.75) is 52.4 Å². The van der Waals surface area contributed by atoms with E-state index in [-0.39, 0.29) is 16.1 Å². The lowest BCUT2D eigenvalue weighted by molar-refractivity contribution is 0.398. The third-order valence-corrected chi connectivity index (χ3v) is 5.17. The molecule has 0 bridgehead atoms. The molecule has 0 spiro atoms. The van der Waals surface area contributed by atoms with Gasteiger partial charge in [-0.3, -0.25) is 0 Å². The third kappa shape index (κ3) is 6.82. The minimum atomic E-state index is -3.69. The van der Waals surface area contributed by atoms with Crippen LogP contribution in [0.5, 0.6) is 0 Å². The van der Waals surface area contributed by atoms with Crippen molar-refractivity contribution < 1.29 is 12.8 Å². The Morgan fingerprint density at radius 1 is 1.19 bits per heavy atom. The Bertz CT molecular complexity index is 908. The van der Waals surface area contributed by atoms with Crippen LogP contribution in [0, 0.1) is 17.8 Å². The van der Waals surface area contributed by atoms with Crippen LogP contribution in [0.1, 0.15) is 53.0 Å². The number of hydrogen-bond acceptors (Lipinski definition) is 2.